The monoisotopic (exact) mass is 331 g/mol. The van der Waals surface area contributed by atoms with Gasteiger partial charge >= 0.3 is 5.97 Å². The van der Waals surface area contributed by atoms with Crippen LogP contribution in [0.3, 0.4) is 0 Å². The molecule has 2 aromatic carbocycles. The number of oxazole rings is 1. The summed E-state index contributed by atoms with van der Waals surface area (Å²) in [6, 6.07) is 12.3. The second-order valence-corrected chi connectivity index (χ2v) is 4.86. The highest BCUT2D eigenvalue weighted by molar-refractivity contribution is 9.08. The quantitative estimate of drug-likeness (QED) is 0.734. The molecule has 20 heavy (non-hydrogen) atoms. The fourth-order valence-electron chi connectivity index (χ4n) is 2.02. The van der Waals surface area contributed by atoms with Crippen molar-refractivity contribution in [1.82, 2.24) is 4.98 Å². The minimum Gasteiger partial charge on any atom is -0.478 e. The summed E-state index contributed by atoms with van der Waals surface area (Å²) in [5, 5.41) is 9.71. The molecule has 0 aliphatic heterocycles. The van der Waals surface area contributed by atoms with Crippen LogP contribution in [0.1, 0.15) is 15.9 Å². The lowest BCUT2D eigenvalue weighted by molar-refractivity contribution is 0.0697. The Balaban J connectivity index is 2.15. The van der Waals surface area contributed by atoms with Crippen LogP contribution in [0.5, 0.6) is 0 Å². The first-order valence-corrected chi connectivity index (χ1v) is 7.09. The second-order valence-electron chi connectivity index (χ2n) is 4.30. The van der Waals surface area contributed by atoms with E-state index in [0.717, 1.165) is 11.1 Å². The number of hydrogen-bond acceptors (Lipinski definition) is 3. The minimum absolute atomic E-state index is 0.213. The van der Waals surface area contributed by atoms with Gasteiger partial charge in [-0.1, -0.05) is 34.1 Å². The molecule has 1 heterocycles. The van der Waals surface area contributed by atoms with E-state index in [-0.39, 0.29) is 5.56 Å². The fourth-order valence-corrected chi connectivity index (χ4v) is 2.47. The summed E-state index contributed by atoms with van der Waals surface area (Å²) >= 11 is 3.42. The van der Waals surface area contributed by atoms with Crippen LogP contribution in [0.4, 0.5) is 0 Å². The number of carboxylic acids is 1. The summed E-state index contributed by atoms with van der Waals surface area (Å²) in [6.45, 7) is 0. The standard InChI is InChI=1S/C15H10BrNO3/c16-8-11-5-2-6-12-13(11)17-14(20-12)9-3-1-4-10(7-9)15(18)19/h1-7H,8H2,(H,18,19). The number of rotatable bonds is 3. The van der Waals surface area contributed by atoms with Gasteiger partial charge < -0.3 is 9.52 Å². The molecular weight excluding hydrogens is 322 g/mol. The van der Waals surface area contributed by atoms with Crippen molar-refractivity contribution in [1.29, 1.82) is 0 Å². The highest BCUT2D eigenvalue weighted by atomic mass is 79.9. The van der Waals surface area contributed by atoms with Gasteiger partial charge in [0, 0.05) is 10.9 Å². The number of nitrogens with zero attached hydrogens (tertiary/aromatic N) is 1. The van der Waals surface area contributed by atoms with Crippen molar-refractivity contribution in [2.24, 2.45) is 0 Å². The third-order valence-corrected chi connectivity index (χ3v) is 3.61. The van der Waals surface area contributed by atoms with Crippen molar-refractivity contribution in [3.05, 3.63) is 53.6 Å². The molecule has 0 unspecified atom stereocenters. The Kier molecular flexibility index (Phi) is 3.28. The molecule has 0 aliphatic carbocycles. The van der Waals surface area contributed by atoms with E-state index in [1.165, 1.54) is 0 Å². The van der Waals surface area contributed by atoms with E-state index in [0.29, 0.717) is 22.4 Å². The van der Waals surface area contributed by atoms with Crippen molar-refractivity contribution < 1.29 is 14.3 Å². The van der Waals surface area contributed by atoms with Crippen LogP contribution in [0.2, 0.25) is 0 Å². The van der Waals surface area contributed by atoms with Crippen molar-refractivity contribution in [3.63, 3.8) is 0 Å². The molecule has 0 saturated carbocycles. The van der Waals surface area contributed by atoms with Gasteiger partial charge in [-0.2, -0.15) is 0 Å². The highest BCUT2D eigenvalue weighted by Gasteiger charge is 2.12. The summed E-state index contributed by atoms with van der Waals surface area (Å²) < 4.78 is 5.71. The number of alkyl halides is 1. The molecule has 3 rings (SSSR count). The Bertz CT molecular complexity index is 795. The number of aromatic nitrogens is 1. The molecule has 0 spiro atoms. The van der Waals surface area contributed by atoms with Gasteiger partial charge in [-0.3, -0.25) is 0 Å². The number of benzene rings is 2. The summed E-state index contributed by atoms with van der Waals surface area (Å²) in [7, 11) is 0. The molecule has 4 nitrogen and oxygen atoms in total. The molecule has 3 aromatic rings. The van der Waals surface area contributed by atoms with Gasteiger partial charge in [0.25, 0.3) is 0 Å². The summed E-state index contributed by atoms with van der Waals surface area (Å²) in [4.78, 5) is 15.5. The molecule has 0 fully saturated rings. The smallest absolute Gasteiger partial charge is 0.335 e. The average molecular weight is 332 g/mol. The van der Waals surface area contributed by atoms with E-state index in [1.807, 2.05) is 18.2 Å². The Labute approximate surface area is 123 Å². The van der Waals surface area contributed by atoms with Gasteiger partial charge in [-0.15, -0.1) is 0 Å². The van der Waals surface area contributed by atoms with Gasteiger partial charge in [0.05, 0.1) is 5.56 Å². The Morgan fingerprint density at radius 3 is 2.80 bits per heavy atom. The molecule has 1 aromatic heterocycles. The fraction of sp³-hybridized carbons (Fsp3) is 0.0667. The number of hydrogen-bond donors (Lipinski definition) is 1. The van der Waals surface area contributed by atoms with Crippen molar-refractivity contribution >= 4 is 33.0 Å². The molecule has 0 radical (unpaired) electrons. The summed E-state index contributed by atoms with van der Waals surface area (Å²) in [5.74, 6) is -0.541. The van der Waals surface area contributed by atoms with Gasteiger partial charge in [-0.05, 0) is 29.8 Å². The summed E-state index contributed by atoms with van der Waals surface area (Å²) in [6.07, 6.45) is 0. The zero-order valence-corrected chi connectivity index (χ0v) is 11.9. The molecule has 1 N–H and O–H groups in total. The van der Waals surface area contributed by atoms with E-state index < -0.39 is 5.97 Å². The molecule has 100 valence electrons. The van der Waals surface area contributed by atoms with E-state index in [9.17, 15) is 4.79 Å². The Morgan fingerprint density at radius 1 is 1.25 bits per heavy atom. The van der Waals surface area contributed by atoms with Crippen LogP contribution >= 0.6 is 15.9 Å². The Morgan fingerprint density at radius 2 is 2.05 bits per heavy atom. The number of aromatic carboxylic acids is 1. The SMILES string of the molecule is O=C(O)c1cccc(-c2nc3c(CBr)cccc3o2)c1. The summed E-state index contributed by atoms with van der Waals surface area (Å²) in [5.41, 5.74) is 3.39. The van der Waals surface area contributed by atoms with E-state index in [1.54, 1.807) is 24.3 Å². The lowest BCUT2D eigenvalue weighted by Crippen LogP contribution is -1.95. The Hall–Kier alpha value is -2.14. The van der Waals surface area contributed by atoms with Crippen LogP contribution < -0.4 is 0 Å². The molecule has 0 aliphatic rings. The molecule has 0 saturated heterocycles. The van der Waals surface area contributed by atoms with Gasteiger partial charge in [0.1, 0.15) is 5.52 Å². The maximum atomic E-state index is 11.0. The van der Waals surface area contributed by atoms with Crippen LogP contribution in [0.25, 0.3) is 22.6 Å². The third kappa shape index (κ3) is 2.20. The molecule has 0 amide bonds. The van der Waals surface area contributed by atoms with Crippen LogP contribution in [0.15, 0.2) is 46.9 Å². The van der Waals surface area contributed by atoms with Gasteiger partial charge in [0.2, 0.25) is 5.89 Å². The lowest BCUT2D eigenvalue weighted by Gasteiger charge is -1.97. The topological polar surface area (TPSA) is 63.3 Å². The lowest BCUT2D eigenvalue weighted by atomic mass is 10.1. The molecule has 0 atom stereocenters. The van der Waals surface area contributed by atoms with E-state index in [2.05, 4.69) is 20.9 Å². The van der Waals surface area contributed by atoms with E-state index in [4.69, 9.17) is 9.52 Å². The first-order valence-electron chi connectivity index (χ1n) is 5.97. The third-order valence-electron chi connectivity index (χ3n) is 3.00. The maximum absolute atomic E-state index is 11.0. The molecular formula is C15H10BrNO3. The predicted octanol–water partition coefficient (Wildman–Crippen LogP) is 4.09. The zero-order valence-electron chi connectivity index (χ0n) is 10.3. The highest BCUT2D eigenvalue weighted by Crippen LogP contribution is 2.27. The predicted molar refractivity (Wildman–Crippen MR) is 79.0 cm³/mol. The zero-order chi connectivity index (χ0) is 14.1. The van der Waals surface area contributed by atoms with Crippen LogP contribution in [0, 0.1) is 0 Å². The van der Waals surface area contributed by atoms with Gasteiger partial charge in [0.15, 0.2) is 5.58 Å². The number of para-hydroxylation sites is 1. The van der Waals surface area contributed by atoms with Crippen molar-refractivity contribution in [2.75, 3.05) is 0 Å². The normalized spacial score (nSPS) is 10.8. The maximum Gasteiger partial charge on any atom is 0.335 e. The van der Waals surface area contributed by atoms with Gasteiger partial charge in [-0.25, -0.2) is 9.78 Å². The first-order chi connectivity index (χ1) is 9.69. The molecule has 0 bridgehead atoms. The van der Waals surface area contributed by atoms with Crippen molar-refractivity contribution in [3.8, 4) is 11.5 Å². The second kappa shape index (κ2) is 5.09. The largest absolute Gasteiger partial charge is 0.478 e. The van der Waals surface area contributed by atoms with Crippen molar-refractivity contribution in [2.45, 2.75) is 5.33 Å². The number of halogens is 1. The first kappa shape index (κ1) is 12.9. The van der Waals surface area contributed by atoms with Crippen LogP contribution in [-0.4, -0.2) is 16.1 Å². The minimum atomic E-state index is -0.968. The van der Waals surface area contributed by atoms with E-state index >= 15 is 0 Å². The molecule has 5 heteroatoms. The number of fused-ring (bicyclic) bond motifs is 1. The number of carbonyl (C=O) groups is 1. The number of carboxylic acid groups (broad SMARTS) is 1. The van der Waals surface area contributed by atoms with Crippen LogP contribution in [-0.2, 0) is 5.33 Å². The average Bonchev–Trinajstić information content (AvgIpc) is 2.91.